The molecule has 1 aliphatic rings. The van der Waals surface area contributed by atoms with Crippen molar-refractivity contribution in [3.63, 3.8) is 0 Å². The Morgan fingerprint density at radius 3 is 3.12 bits per heavy atom. The van der Waals surface area contributed by atoms with Crippen molar-refractivity contribution in [2.75, 3.05) is 7.11 Å². The Morgan fingerprint density at radius 2 is 2.47 bits per heavy atom. The molecular weight excluding hydrogens is 220 g/mol. The van der Waals surface area contributed by atoms with E-state index >= 15 is 0 Å². The lowest BCUT2D eigenvalue weighted by Crippen LogP contribution is -2.13. The Morgan fingerprint density at radius 1 is 1.71 bits per heavy atom. The van der Waals surface area contributed by atoms with Crippen LogP contribution in [0, 0.1) is 5.92 Å². The molecule has 17 heavy (non-hydrogen) atoms. The van der Waals surface area contributed by atoms with E-state index in [4.69, 9.17) is 5.73 Å². The number of esters is 1. The van der Waals surface area contributed by atoms with Gasteiger partial charge in [0.2, 0.25) is 0 Å². The number of methoxy groups -OCH3 is 1. The third-order valence-electron chi connectivity index (χ3n) is 2.97. The predicted molar refractivity (Wildman–Crippen MR) is 60.9 cm³/mol. The van der Waals surface area contributed by atoms with E-state index in [0.717, 1.165) is 18.2 Å². The van der Waals surface area contributed by atoms with Crippen LogP contribution >= 0.6 is 0 Å². The molecule has 0 bridgehead atoms. The Hall–Kier alpha value is -1.43. The minimum atomic E-state index is -0.248. The third-order valence-corrected chi connectivity index (χ3v) is 2.97. The number of carbonyl (C=O) groups is 1. The van der Waals surface area contributed by atoms with Crippen LogP contribution in [0.4, 0.5) is 0 Å². The van der Waals surface area contributed by atoms with Crippen LogP contribution in [-0.4, -0.2) is 28.1 Å². The summed E-state index contributed by atoms with van der Waals surface area (Å²) in [5.74, 6) is 0.515. The molecule has 6 nitrogen and oxygen atoms in total. The van der Waals surface area contributed by atoms with Gasteiger partial charge in [0.25, 0.3) is 0 Å². The second kappa shape index (κ2) is 5.27. The molecule has 2 rings (SSSR count). The van der Waals surface area contributed by atoms with E-state index in [2.05, 4.69) is 15.0 Å². The van der Waals surface area contributed by atoms with E-state index in [9.17, 15) is 4.79 Å². The Balaban J connectivity index is 1.82. The van der Waals surface area contributed by atoms with E-state index in [-0.39, 0.29) is 12.0 Å². The summed E-state index contributed by atoms with van der Waals surface area (Å²) in [5.41, 5.74) is 6.68. The summed E-state index contributed by atoms with van der Waals surface area (Å²) in [7, 11) is 1.37. The van der Waals surface area contributed by atoms with Gasteiger partial charge in [0.05, 0.1) is 25.0 Å². The molecule has 1 atom stereocenters. The molecule has 0 spiro atoms. The van der Waals surface area contributed by atoms with Gasteiger partial charge in [0, 0.05) is 13.0 Å². The Bertz CT molecular complexity index is 387. The van der Waals surface area contributed by atoms with Gasteiger partial charge in [0.1, 0.15) is 0 Å². The first-order valence-corrected chi connectivity index (χ1v) is 5.91. The van der Waals surface area contributed by atoms with Gasteiger partial charge in [-0.1, -0.05) is 5.21 Å². The van der Waals surface area contributed by atoms with Gasteiger partial charge < -0.3 is 10.5 Å². The molecule has 1 saturated carbocycles. The Labute approximate surface area is 100 Å². The fourth-order valence-corrected chi connectivity index (χ4v) is 1.66. The summed E-state index contributed by atoms with van der Waals surface area (Å²) in [5, 5.41) is 8.07. The predicted octanol–water partition coefficient (Wildman–Crippen LogP) is 0.641. The van der Waals surface area contributed by atoms with E-state index in [1.165, 1.54) is 20.0 Å². The highest BCUT2D eigenvalue weighted by Crippen LogP contribution is 2.30. The molecule has 0 radical (unpaired) electrons. The molecule has 1 aromatic rings. The first kappa shape index (κ1) is 12.0. The van der Waals surface area contributed by atoms with Crippen molar-refractivity contribution in [1.82, 2.24) is 15.0 Å². The van der Waals surface area contributed by atoms with Gasteiger partial charge in [-0.2, -0.15) is 0 Å². The lowest BCUT2D eigenvalue weighted by Gasteiger charge is -2.06. The third kappa shape index (κ3) is 3.52. The molecule has 1 fully saturated rings. The molecule has 1 unspecified atom stereocenters. The molecule has 0 amide bonds. The molecule has 1 aliphatic carbocycles. The number of rotatable bonds is 6. The summed E-state index contributed by atoms with van der Waals surface area (Å²) in [6.45, 7) is 0.927. The van der Waals surface area contributed by atoms with Gasteiger partial charge in [0.15, 0.2) is 0 Å². The summed E-state index contributed by atoms with van der Waals surface area (Å²) in [6, 6.07) is -0.248. The van der Waals surface area contributed by atoms with Crippen LogP contribution in [0.5, 0.6) is 0 Å². The maximum absolute atomic E-state index is 11.0. The van der Waals surface area contributed by atoms with Gasteiger partial charge >= 0.3 is 5.97 Å². The van der Waals surface area contributed by atoms with E-state index < -0.39 is 0 Å². The molecule has 1 aromatic heterocycles. The van der Waals surface area contributed by atoms with Crippen molar-refractivity contribution in [3.05, 3.63) is 11.9 Å². The minimum Gasteiger partial charge on any atom is -0.469 e. The highest BCUT2D eigenvalue weighted by molar-refractivity contribution is 5.69. The van der Waals surface area contributed by atoms with Gasteiger partial charge in [-0.3, -0.25) is 9.48 Å². The lowest BCUT2D eigenvalue weighted by molar-refractivity contribution is -0.140. The number of carbonyl (C=O) groups excluding carboxylic acids is 1. The lowest BCUT2D eigenvalue weighted by atomic mass is 10.1. The van der Waals surface area contributed by atoms with Crippen LogP contribution in [0.2, 0.25) is 0 Å². The molecular formula is C11H18N4O2. The summed E-state index contributed by atoms with van der Waals surface area (Å²) in [6.07, 6.45) is 5.29. The number of hydrogen-bond acceptors (Lipinski definition) is 5. The quantitative estimate of drug-likeness (QED) is 0.735. The summed E-state index contributed by atoms with van der Waals surface area (Å²) < 4.78 is 6.41. The monoisotopic (exact) mass is 238 g/mol. The van der Waals surface area contributed by atoms with Crippen LogP contribution in [-0.2, 0) is 16.1 Å². The van der Waals surface area contributed by atoms with Crippen molar-refractivity contribution >= 4 is 5.97 Å². The van der Waals surface area contributed by atoms with E-state index in [1.54, 1.807) is 0 Å². The maximum Gasteiger partial charge on any atom is 0.305 e. The maximum atomic E-state index is 11.0. The normalized spacial score (nSPS) is 16.8. The standard InChI is InChI=1S/C11H18N4O2/c1-17-11(16)5-4-9(12)10-7-15(14-13-10)6-8-2-3-8/h7-9H,2-6,12H2,1H3. The van der Waals surface area contributed by atoms with E-state index in [1.807, 2.05) is 10.9 Å². The van der Waals surface area contributed by atoms with Gasteiger partial charge in [-0.15, -0.1) is 5.10 Å². The second-order valence-electron chi connectivity index (χ2n) is 4.53. The van der Waals surface area contributed by atoms with Crippen molar-refractivity contribution in [3.8, 4) is 0 Å². The fourth-order valence-electron chi connectivity index (χ4n) is 1.66. The molecule has 2 N–H and O–H groups in total. The SMILES string of the molecule is COC(=O)CCC(N)c1cn(CC2CC2)nn1. The average Bonchev–Trinajstić information content (AvgIpc) is 3.01. The van der Waals surface area contributed by atoms with Crippen molar-refractivity contribution in [2.24, 2.45) is 11.7 Å². The highest BCUT2D eigenvalue weighted by Gasteiger charge is 2.22. The fraction of sp³-hybridized carbons (Fsp3) is 0.727. The first-order chi connectivity index (χ1) is 8.19. The minimum absolute atomic E-state index is 0.245. The number of nitrogens with zero attached hydrogens (tertiary/aromatic N) is 3. The molecule has 1 heterocycles. The van der Waals surface area contributed by atoms with Crippen molar-refractivity contribution < 1.29 is 9.53 Å². The molecule has 94 valence electrons. The largest absolute Gasteiger partial charge is 0.469 e. The van der Waals surface area contributed by atoms with Crippen LogP contribution in [0.15, 0.2) is 6.20 Å². The molecule has 6 heteroatoms. The van der Waals surface area contributed by atoms with Crippen LogP contribution in [0.25, 0.3) is 0 Å². The van der Waals surface area contributed by atoms with Crippen LogP contribution in [0.3, 0.4) is 0 Å². The van der Waals surface area contributed by atoms with Crippen LogP contribution in [0.1, 0.15) is 37.4 Å². The molecule has 0 aliphatic heterocycles. The van der Waals surface area contributed by atoms with Crippen LogP contribution < -0.4 is 5.73 Å². The van der Waals surface area contributed by atoms with Gasteiger partial charge in [-0.05, 0) is 25.2 Å². The average molecular weight is 238 g/mol. The zero-order valence-electron chi connectivity index (χ0n) is 10.0. The number of aromatic nitrogens is 3. The molecule has 0 saturated heterocycles. The number of nitrogens with two attached hydrogens (primary N) is 1. The second-order valence-corrected chi connectivity index (χ2v) is 4.53. The number of ether oxygens (including phenoxy) is 1. The van der Waals surface area contributed by atoms with Gasteiger partial charge in [-0.25, -0.2) is 0 Å². The highest BCUT2D eigenvalue weighted by atomic mass is 16.5. The zero-order chi connectivity index (χ0) is 12.3. The zero-order valence-corrected chi connectivity index (χ0v) is 10.0. The Kier molecular flexibility index (Phi) is 3.73. The summed E-state index contributed by atoms with van der Waals surface area (Å²) in [4.78, 5) is 11.0. The molecule has 0 aromatic carbocycles. The number of hydrogen-bond donors (Lipinski definition) is 1. The van der Waals surface area contributed by atoms with Crippen molar-refractivity contribution in [1.29, 1.82) is 0 Å². The smallest absolute Gasteiger partial charge is 0.305 e. The summed E-state index contributed by atoms with van der Waals surface area (Å²) >= 11 is 0. The van der Waals surface area contributed by atoms with Crippen molar-refractivity contribution in [2.45, 2.75) is 38.3 Å². The first-order valence-electron chi connectivity index (χ1n) is 5.91. The topological polar surface area (TPSA) is 83.0 Å². The van der Waals surface area contributed by atoms with E-state index in [0.29, 0.717) is 12.8 Å².